The minimum absolute atomic E-state index is 0.0335. The van der Waals surface area contributed by atoms with Crippen molar-refractivity contribution in [2.45, 2.75) is 12.1 Å². The molecule has 1 saturated heterocycles. The van der Waals surface area contributed by atoms with Crippen molar-refractivity contribution >= 4 is 0 Å². The molecule has 2 atom stereocenters. The second kappa shape index (κ2) is 7.07. The zero-order valence-corrected chi connectivity index (χ0v) is 14.1. The van der Waals surface area contributed by atoms with E-state index in [1.807, 2.05) is 42.5 Å². The fourth-order valence-electron chi connectivity index (χ4n) is 3.19. The Hall–Kier alpha value is -3.02. The van der Waals surface area contributed by atoms with Gasteiger partial charge in [0.2, 0.25) is 0 Å². The van der Waals surface area contributed by atoms with Crippen LogP contribution in [0.25, 0.3) is 11.1 Å². The van der Waals surface area contributed by atoms with Gasteiger partial charge in [-0.25, -0.2) is 5.43 Å². The molecule has 1 aliphatic rings. The summed E-state index contributed by atoms with van der Waals surface area (Å²) in [5, 5.41) is 19.6. The van der Waals surface area contributed by atoms with Gasteiger partial charge in [0.25, 0.3) is 0 Å². The van der Waals surface area contributed by atoms with E-state index in [-0.39, 0.29) is 23.6 Å². The number of phenols is 2. The molecule has 0 aromatic heterocycles. The lowest BCUT2D eigenvalue weighted by Crippen LogP contribution is -2.28. The number of rotatable bonds is 4. The van der Waals surface area contributed by atoms with Gasteiger partial charge < -0.3 is 14.9 Å². The maximum atomic E-state index is 10.1. The van der Waals surface area contributed by atoms with Gasteiger partial charge in [-0.05, 0) is 35.4 Å². The van der Waals surface area contributed by atoms with E-state index in [0.717, 1.165) is 16.9 Å². The molecule has 0 saturated carbocycles. The summed E-state index contributed by atoms with van der Waals surface area (Å²) < 4.78 is 6.12. The number of aromatic hydroxyl groups is 2. The Morgan fingerprint density at radius 2 is 1.58 bits per heavy atom. The van der Waals surface area contributed by atoms with Gasteiger partial charge in [0.1, 0.15) is 23.4 Å². The first-order valence-electron chi connectivity index (χ1n) is 8.53. The van der Waals surface area contributed by atoms with E-state index in [1.165, 1.54) is 6.07 Å². The maximum Gasteiger partial charge on any atom is 0.133 e. The summed E-state index contributed by atoms with van der Waals surface area (Å²) in [7, 11) is 0. The molecule has 3 aromatic rings. The number of ether oxygens (including phenoxy) is 1. The number of benzene rings is 3. The molecule has 132 valence electrons. The van der Waals surface area contributed by atoms with E-state index in [4.69, 9.17) is 4.74 Å². The summed E-state index contributed by atoms with van der Waals surface area (Å²) in [5.74, 6) is 0.842. The molecular weight excluding hydrogens is 328 g/mol. The van der Waals surface area contributed by atoms with Gasteiger partial charge in [0.05, 0.1) is 6.04 Å². The molecule has 0 radical (unpaired) electrons. The molecule has 0 aliphatic carbocycles. The van der Waals surface area contributed by atoms with Gasteiger partial charge in [-0.3, -0.25) is 5.43 Å². The van der Waals surface area contributed by atoms with Crippen LogP contribution in [-0.2, 0) is 0 Å². The number of phenolic OH excluding ortho intramolecular Hbond substituents is 2. The topological polar surface area (TPSA) is 73.8 Å². The molecule has 4 rings (SSSR count). The first-order valence-corrected chi connectivity index (χ1v) is 8.53. The third-order valence-electron chi connectivity index (χ3n) is 4.53. The minimum atomic E-state index is -0.218. The molecular formula is C21H20N2O3. The molecule has 1 aliphatic heterocycles. The zero-order valence-electron chi connectivity index (χ0n) is 14.1. The number of hydrazine groups is 1. The van der Waals surface area contributed by atoms with Gasteiger partial charge in [0.15, 0.2) is 0 Å². The van der Waals surface area contributed by atoms with Crippen LogP contribution in [0, 0.1) is 0 Å². The summed E-state index contributed by atoms with van der Waals surface area (Å²) in [6.07, 6.45) is -0.187. The molecule has 1 heterocycles. The van der Waals surface area contributed by atoms with Crippen molar-refractivity contribution in [1.29, 1.82) is 0 Å². The molecule has 4 N–H and O–H groups in total. The Bertz CT molecular complexity index is 882. The van der Waals surface area contributed by atoms with Crippen LogP contribution in [-0.4, -0.2) is 22.9 Å². The van der Waals surface area contributed by atoms with Crippen molar-refractivity contribution in [2.24, 2.45) is 0 Å². The van der Waals surface area contributed by atoms with E-state index >= 15 is 0 Å². The minimum Gasteiger partial charge on any atom is -0.508 e. The normalized spacial score (nSPS) is 19.4. The highest BCUT2D eigenvalue weighted by molar-refractivity contribution is 5.63. The van der Waals surface area contributed by atoms with Crippen molar-refractivity contribution in [3.05, 3.63) is 78.4 Å². The Labute approximate surface area is 151 Å². The molecule has 1 fully saturated rings. The van der Waals surface area contributed by atoms with Crippen LogP contribution in [0.1, 0.15) is 11.6 Å². The zero-order chi connectivity index (χ0) is 17.9. The Kier molecular flexibility index (Phi) is 4.48. The highest BCUT2D eigenvalue weighted by Gasteiger charge is 2.32. The predicted molar refractivity (Wildman–Crippen MR) is 99.9 cm³/mol. The van der Waals surface area contributed by atoms with E-state index < -0.39 is 0 Å². The lowest BCUT2D eigenvalue weighted by Gasteiger charge is -2.21. The highest BCUT2D eigenvalue weighted by Crippen LogP contribution is 2.33. The highest BCUT2D eigenvalue weighted by atomic mass is 16.5. The molecule has 5 heteroatoms. The molecule has 3 aromatic carbocycles. The molecule has 26 heavy (non-hydrogen) atoms. The summed E-state index contributed by atoms with van der Waals surface area (Å²) in [4.78, 5) is 0. The average Bonchev–Trinajstić information content (AvgIpc) is 3.11. The van der Waals surface area contributed by atoms with E-state index in [0.29, 0.717) is 12.1 Å². The summed E-state index contributed by atoms with van der Waals surface area (Å²) in [5.41, 5.74) is 9.17. The van der Waals surface area contributed by atoms with Crippen molar-refractivity contribution in [1.82, 2.24) is 10.9 Å². The molecule has 0 bridgehead atoms. The number of hydrogen-bond acceptors (Lipinski definition) is 5. The first-order chi connectivity index (χ1) is 12.7. The largest absolute Gasteiger partial charge is 0.508 e. The van der Waals surface area contributed by atoms with Gasteiger partial charge in [-0.15, -0.1) is 0 Å². The third kappa shape index (κ3) is 3.35. The average molecular weight is 348 g/mol. The Morgan fingerprint density at radius 3 is 2.31 bits per heavy atom. The lowest BCUT2D eigenvalue weighted by atomic mass is 10.0. The summed E-state index contributed by atoms with van der Waals surface area (Å²) in [6.45, 7) is 0.603. The fourth-order valence-corrected chi connectivity index (χ4v) is 3.19. The molecule has 0 amide bonds. The maximum absolute atomic E-state index is 10.1. The standard InChI is InChI=1S/C21H20N2O3/c24-16-8-11-18(19(25)12-16)21-20(13-22-23-21)26-17-9-6-15(7-10-17)14-4-2-1-3-5-14/h1-12,20-25H,13H2. The summed E-state index contributed by atoms with van der Waals surface area (Å²) >= 11 is 0. The van der Waals surface area contributed by atoms with E-state index in [9.17, 15) is 10.2 Å². The second-order valence-corrected chi connectivity index (χ2v) is 6.29. The van der Waals surface area contributed by atoms with Crippen LogP contribution in [0.2, 0.25) is 0 Å². The van der Waals surface area contributed by atoms with Crippen molar-refractivity contribution in [3.63, 3.8) is 0 Å². The smallest absolute Gasteiger partial charge is 0.133 e. The third-order valence-corrected chi connectivity index (χ3v) is 4.53. The number of hydrogen-bond donors (Lipinski definition) is 4. The second-order valence-electron chi connectivity index (χ2n) is 6.29. The predicted octanol–water partition coefficient (Wildman–Crippen LogP) is 3.36. The van der Waals surface area contributed by atoms with E-state index in [1.54, 1.807) is 12.1 Å². The number of nitrogens with one attached hydrogen (secondary N) is 2. The quantitative estimate of drug-likeness (QED) is 0.582. The monoisotopic (exact) mass is 348 g/mol. The van der Waals surface area contributed by atoms with Crippen molar-refractivity contribution in [2.75, 3.05) is 6.54 Å². The van der Waals surface area contributed by atoms with Gasteiger partial charge >= 0.3 is 0 Å². The van der Waals surface area contributed by atoms with Gasteiger partial charge in [0, 0.05) is 18.2 Å². The van der Waals surface area contributed by atoms with Crippen LogP contribution < -0.4 is 15.6 Å². The first kappa shape index (κ1) is 16.4. The van der Waals surface area contributed by atoms with Crippen LogP contribution in [0.15, 0.2) is 72.8 Å². The Balaban J connectivity index is 1.51. The van der Waals surface area contributed by atoms with Crippen LogP contribution >= 0.6 is 0 Å². The fraction of sp³-hybridized carbons (Fsp3) is 0.143. The Morgan fingerprint density at radius 1 is 0.846 bits per heavy atom. The van der Waals surface area contributed by atoms with Crippen LogP contribution in [0.5, 0.6) is 17.2 Å². The lowest BCUT2D eigenvalue weighted by molar-refractivity contribution is 0.195. The molecule has 0 spiro atoms. The van der Waals surface area contributed by atoms with E-state index in [2.05, 4.69) is 23.0 Å². The van der Waals surface area contributed by atoms with Crippen molar-refractivity contribution in [3.8, 4) is 28.4 Å². The van der Waals surface area contributed by atoms with Crippen LogP contribution in [0.3, 0.4) is 0 Å². The molecule has 2 unspecified atom stereocenters. The van der Waals surface area contributed by atoms with Crippen molar-refractivity contribution < 1.29 is 14.9 Å². The molecule has 5 nitrogen and oxygen atoms in total. The summed E-state index contributed by atoms with van der Waals surface area (Å²) in [6, 6.07) is 22.5. The SMILES string of the molecule is Oc1ccc(C2NNCC2Oc2ccc(-c3ccccc3)cc2)c(O)c1. The van der Waals surface area contributed by atoms with Crippen LogP contribution in [0.4, 0.5) is 0 Å². The van der Waals surface area contributed by atoms with Gasteiger partial charge in [-0.2, -0.15) is 0 Å². The van der Waals surface area contributed by atoms with Gasteiger partial charge in [-0.1, -0.05) is 42.5 Å².